The number of para-hydroxylation sites is 1. The maximum absolute atomic E-state index is 14.3. The predicted octanol–water partition coefficient (Wildman–Crippen LogP) is -0.925. The molecule has 0 unspecified atom stereocenters. The number of H-pyrrole nitrogens is 1. The molecule has 0 saturated carbocycles. The van der Waals surface area contributed by atoms with E-state index in [9.17, 15) is 38.7 Å². The summed E-state index contributed by atoms with van der Waals surface area (Å²) in [5, 5.41) is 24.3. The van der Waals surface area contributed by atoms with Crippen LogP contribution in [0.4, 0.5) is 0 Å². The summed E-state index contributed by atoms with van der Waals surface area (Å²) in [7, 11) is 0. The molecule has 0 spiro atoms. The Hall–Kier alpha value is -5.15. The van der Waals surface area contributed by atoms with E-state index in [1.54, 1.807) is 6.20 Å². The molecule has 0 bridgehead atoms. The van der Waals surface area contributed by atoms with Gasteiger partial charge in [-0.25, -0.2) is 4.79 Å². The highest BCUT2D eigenvalue weighted by atomic mass is 16.4. The molecular weight excluding hydrogens is 813 g/mol. The van der Waals surface area contributed by atoms with Crippen LogP contribution >= 0.6 is 0 Å². The molecule has 3 rings (SSSR count). The molecule has 1 aromatic carbocycles. The highest BCUT2D eigenvalue weighted by Crippen LogP contribution is 2.21. The van der Waals surface area contributed by atoms with E-state index in [1.165, 1.54) is 4.90 Å². The van der Waals surface area contributed by atoms with Gasteiger partial charge in [0.2, 0.25) is 35.4 Å². The summed E-state index contributed by atoms with van der Waals surface area (Å²) in [5.74, 6) is -4.79. The Kier molecular flexibility index (Phi) is 23.6. The van der Waals surface area contributed by atoms with Gasteiger partial charge in [-0.3, -0.25) is 28.8 Å². The SMILES string of the molecule is NCCCC[C@H](NC(=O)[C@H](CCCCN)NC(=O)[C@H](Cc1c[nH]c2ccccc12)NC(=O)[C@H](CCCCN)NC(=O)[C@@H]1CCCCN1C(=O)CNC(=O)[C@@H](N)CCCCN)C(=O)O. The molecule has 17 N–H and O–H groups in total. The number of hydrogen-bond donors (Lipinski definition) is 12. The Balaban J connectivity index is 1.86. The van der Waals surface area contributed by atoms with Crippen molar-refractivity contribution in [3.05, 3.63) is 36.0 Å². The van der Waals surface area contributed by atoms with Gasteiger partial charge in [-0.05, 0) is 128 Å². The molecule has 352 valence electrons. The van der Waals surface area contributed by atoms with Crippen molar-refractivity contribution >= 4 is 52.3 Å². The second kappa shape index (κ2) is 28.5. The average Bonchev–Trinajstić information content (AvgIpc) is 3.69. The third kappa shape index (κ3) is 17.5. The van der Waals surface area contributed by atoms with Crippen molar-refractivity contribution in [1.29, 1.82) is 0 Å². The van der Waals surface area contributed by atoms with Gasteiger partial charge in [-0.15, -0.1) is 0 Å². The first-order chi connectivity index (χ1) is 30.3. The van der Waals surface area contributed by atoms with Crippen LogP contribution in [0.1, 0.15) is 102 Å². The van der Waals surface area contributed by atoms with Crippen molar-refractivity contribution in [2.45, 2.75) is 139 Å². The molecule has 63 heavy (non-hydrogen) atoms. The first-order valence-corrected chi connectivity index (χ1v) is 22.5. The monoisotopic (exact) mass is 885 g/mol. The molecule has 1 saturated heterocycles. The zero-order valence-electron chi connectivity index (χ0n) is 36.5. The molecule has 20 nitrogen and oxygen atoms in total. The third-order valence-electron chi connectivity index (χ3n) is 11.3. The number of rotatable bonds is 30. The highest BCUT2D eigenvalue weighted by molar-refractivity contribution is 5.97. The number of likely N-dealkylation sites (tertiary alicyclic amines) is 1. The van der Waals surface area contributed by atoms with E-state index >= 15 is 0 Å². The summed E-state index contributed by atoms with van der Waals surface area (Å²) in [4.78, 5) is 99.0. The maximum Gasteiger partial charge on any atom is 0.326 e. The number of carboxylic acid groups (broad SMARTS) is 1. The average molecular weight is 885 g/mol. The van der Waals surface area contributed by atoms with Gasteiger partial charge in [-0.1, -0.05) is 24.6 Å². The number of aliphatic carboxylic acids is 1. The Morgan fingerprint density at radius 2 is 1.19 bits per heavy atom. The molecule has 0 aliphatic carbocycles. The molecule has 0 radical (unpaired) electrons. The van der Waals surface area contributed by atoms with E-state index in [4.69, 9.17) is 28.7 Å². The minimum absolute atomic E-state index is 0.00761. The molecule has 20 heteroatoms. The number of aromatic nitrogens is 1. The fraction of sp³-hybridized carbons (Fsp3) is 0.651. The van der Waals surface area contributed by atoms with Gasteiger partial charge in [0, 0.05) is 30.1 Å². The van der Waals surface area contributed by atoms with E-state index < -0.39 is 77.7 Å². The Morgan fingerprint density at radius 3 is 1.79 bits per heavy atom. The zero-order chi connectivity index (χ0) is 46.1. The lowest BCUT2D eigenvalue weighted by atomic mass is 9.99. The molecule has 6 atom stereocenters. The summed E-state index contributed by atoms with van der Waals surface area (Å²) in [6, 6.07) is 0.944. The van der Waals surface area contributed by atoms with Gasteiger partial charge in [-0.2, -0.15) is 0 Å². The number of carbonyl (C=O) groups excluding carboxylic acids is 6. The third-order valence-corrected chi connectivity index (χ3v) is 11.3. The number of aromatic amines is 1. The van der Waals surface area contributed by atoms with E-state index in [2.05, 4.69) is 31.6 Å². The molecule has 2 heterocycles. The normalized spacial score (nSPS) is 16.3. The summed E-state index contributed by atoms with van der Waals surface area (Å²) in [6.45, 7) is 1.44. The largest absolute Gasteiger partial charge is 0.480 e. The maximum atomic E-state index is 14.3. The van der Waals surface area contributed by atoms with Crippen molar-refractivity contribution in [1.82, 2.24) is 36.5 Å². The van der Waals surface area contributed by atoms with Crippen molar-refractivity contribution in [2.24, 2.45) is 28.7 Å². The second-order valence-electron chi connectivity index (χ2n) is 16.2. The van der Waals surface area contributed by atoms with Gasteiger partial charge in [0.15, 0.2) is 0 Å². The highest BCUT2D eigenvalue weighted by Gasteiger charge is 2.36. The lowest BCUT2D eigenvalue weighted by Gasteiger charge is -2.35. The number of fused-ring (bicyclic) bond motifs is 1. The number of nitrogens with zero attached hydrogens (tertiary/aromatic N) is 1. The minimum Gasteiger partial charge on any atom is -0.480 e. The van der Waals surface area contributed by atoms with Crippen LogP contribution in [0.25, 0.3) is 10.9 Å². The quantitative estimate of drug-likeness (QED) is 0.0423. The number of piperidine rings is 1. The van der Waals surface area contributed by atoms with E-state index in [0.29, 0.717) is 102 Å². The number of nitrogens with two attached hydrogens (primary N) is 5. The lowest BCUT2D eigenvalue weighted by molar-refractivity contribution is -0.143. The molecule has 1 fully saturated rings. The van der Waals surface area contributed by atoms with Crippen LogP contribution in [-0.2, 0) is 40.0 Å². The van der Waals surface area contributed by atoms with Crippen LogP contribution in [0.2, 0.25) is 0 Å². The number of hydrogen-bond acceptors (Lipinski definition) is 12. The number of amides is 6. The Bertz CT molecular complexity index is 1780. The van der Waals surface area contributed by atoms with Crippen LogP contribution in [0, 0.1) is 0 Å². The first-order valence-electron chi connectivity index (χ1n) is 22.5. The molecule has 6 amide bonds. The zero-order valence-corrected chi connectivity index (χ0v) is 36.5. The second-order valence-corrected chi connectivity index (χ2v) is 16.2. The Labute approximate surface area is 369 Å². The van der Waals surface area contributed by atoms with Gasteiger partial charge in [0.25, 0.3) is 0 Å². The van der Waals surface area contributed by atoms with Crippen LogP contribution in [0.3, 0.4) is 0 Å². The number of carboxylic acids is 1. The number of nitrogens with one attached hydrogen (secondary N) is 6. The van der Waals surface area contributed by atoms with E-state index in [1.807, 2.05) is 24.3 Å². The van der Waals surface area contributed by atoms with E-state index in [-0.39, 0.29) is 38.8 Å². The van der Waals surface area contributed by atoms with Crippen LogP contribution in [0.15, 0.2) is 30.5 Å². The van der Waals surface area contributed by atoms with E-state index in [0.717, 1.165) is 17.3 Å². The smallest absolute Gasteiger partial charge is 0.326 e. The van der Waals surface area contributed by atoms with Crippen LogP contribution < -0.4 is 55.3 Å². The molecule has 1 aliphatic rings. The van der Waals surface area contributed by atoms with Crippen molar-refractivity contribution in [2.75, 3.05) is 39.3 Å². The van der Waals surface area contributed by atoms with Gasteiger partial charge < -0.3 is 70.2 Å². The minimum atomic E-state index is -1.26. The lowest BCUT2D eigenvalue weighted by Crippen LogP contribution is -2.60. The first kappa shape index (κ1) is 52.2. The fourth-order valence-electron chi connectivity index (χ4n) is 7.63. The van der Waals surface area contributed by atoms with Crippen LogP contribution in [-0.4, -0.2) is 132 Å². The summed E-state index contributed by atoms with van der Waals surface area (Å²) < 4.78 is 0. The summed E-state index contributed by atoms with van der Waals surface area (Å²) in [6.07, 6.45) is 8.64. The predicted molar refractivity (Wildman–Crippen MR) is 239 cm³/mol. The molecular formula is C43H72N12O8. The van der Waals surface area contributed by atoms with Gasteiger partial charge in [0.05, 0.1) is 12.6 Å². The number of benzene rings is 1. The van der Waals surface area contributed by atoms with Crippen LogP contribution in [0.5, 0.6) is 0 Å². The molecule has 1 aliphatic heterocycles. The Morgan fingerprint density at radius 1 is 0.667 bits per heavy atom. The molecule has 1 aromatic heterocycles. The topological polar surface area (TPSA) is 349 Å². The molecule has 2 aromatic rings. The van der Waals surface area contributed by atoms with Crippen molar-refractivity contribution in [3.63, 3.8) is 0 Å². The summed E-state index contributed by atoms with van der Waals surface area (Å²) in [5.41, 5.74) is 30.1. The number of carbonyl (C=O) groups is 7. The number of unbranched alkanes of at least 4 members (excludes halogenated alkanes) is 4. The fourth-order valence-corrected chi connectivity index (χ4v) is 7.63. The van der Waals surface area contributed by atoms with Crippen molar-refractivity contribution < 1.29 is 38.7 Å². The summed E-state index contributed by atoms with van der Waals surface area (Å²) >= 11 is 0. The van der Waals surface area contributed by atoms with Crippen molar-refractivity contribution in [3.8, 4) is 0 Å². The standard InChI is InChI=1S/C43H72N12O8/c44-20-8-3-14-30(48)38(57)50-27-37(56)55-24-12-7-19-36(55)42(61)52-33(17-5-10-22-46)40(59)54-35(25-28-26-49-31-15-2-1-13-29(28)31)41(60)51-32(16-4-9-21-45)39(58)53-34(43(62)63)18-6-11-23-47/h1-2,13,15,26,30,32-36,49H,3-12,14,16-25,27,44-48H2,(H,50,57)(H,51,60)(H,52,61)(H,53,58)(H,54,59)(H,62,63)/t30-,32-,33-,34-,35-,36-/m0/s1. The van der Waals surface area contributed by atoms with Gasteiger partial charge >= 0.3 is 5.97 Å². The van der Waals surface area contributed by atoms with Gasteiger partial charge in [0.1, 0.15) is 30.2 Å².